The fraction of sp³-hybridized carbons (Fsp3) is 0.342. The highest BCUT2D eigenvalue weighted by molar-refractivity contribution is 6.36. The molecule has 3 aliphatic heterocycles. The van der Waals surface area contributed by atoms with E-state index in [-0.39, 0.29) is 58.2 Å². The van der Waals surface area contributed by atoms with Crippen molar-refractivity contribution in [1.82, 2.24) is 35.2 Å². The summed E-state index contributed by atoms with van der Waals surface area (Å²) in [4.78, 5) is 70.4. The number of fused-ring (bicyclic) bond motifs is 1. The topological polar surface area (TPSA) is 191 Å². The summed E-state index contributed by atoms with van der Waals surface area (Å²) in [5, 5.41) is 9.76. The normalized spacial score (nSPS) is 18.1. The van der Waals surface area contributed by atoms with Gasteiger partial charge in [-0.3, -0.25) is 38.9 Å². The number of hydrogen-bond donors (Lipinski definition) is 3. The van der Waals surface area contributed by atoms with Gasteiger partial charge in [-0.15, -0.1) is 0 Å². The van der Waals surface area contributed by atoms with Gasteiger partial charge in [0.25, 0.3) is 17.7 Å². The zero-order valence-electron chi connectivity index (χ0n) is 30.1. The van der Waals surface area contributed by atoms with E-state index in [9.17, 15) is 28.4 Å². The monoisotopic (exact) mass is 806 g/mol. The van der Waals surface area contributed by atoms with Crippen LogP contribution in [0.1, 0.15) is 71.0 Å². The number of nitrogens with one attached hydrogen (secondary N) is 2. The number of nitrogens with zero attached hydrogens (tertiary/aromatic N) is 5. The van der Waals surface area contributed by atoms with Crippen LogP contribution in [0.15, 0.2) is 55.0 Å². The number of pyridine rings is 1. The molecule has 0 bridgehead atoms. The zero-order chi connectivity index (χ0) is 39.7. The number of halogens is 3. The highest BCUT2D eigenvalue weighted by Gasteiger charge is 2.46. The summed E-state index contributed by atoms with van der Waals surface area (Å²) in [6.45, 7) is 3.86. The van der Waals surface area contributed by atoms with Crippen LogP contribution >= 0.6 is 23.2 Å². The molecule has 18 heteroatoms. The highest BCUT2D eigenvalue weighted by atomic mass is 35.5. The number of ether oxygens (including phenoxy) is 2. The van der Waals surface area contributed by atoms with E-state index in [1.54, 1.807) is 25.4 Å². The van der Waals surface area contributed by atoms with E-state index in [2.05, 4.69) is 25.6 Å². The molecule has 0 saturated carbocycles. The number of piperidine rings is 2. The summed E-state index contributed by atoms with van der Waals surface area (Å²) in [5.74, 6) is -3.04. The van der Waals surface area contributed by atoms with Gasteiger partial charge >= 0.3 is 0 Å². The second-order valence-electron chi connectivity index (χ2n) is 13.7. The van der Waals surface area contributed by atoms with Crippen LogP contribution in [0, 0.1) is 5.82 Å². The number of benzene rings is 2. The van der Waals surface area contributed by atoms with Crippen LogP contribution in [-0.2, 0) is 14.4 Å². The van der Waals surface area contributed by atoms with Crippen molar-refractivity contribution in [3.8, 4) is 22.6 Å². The van der Waals surface area contributed by atoms with Crippen molar-refractivity contribution in [1.29, 1.82) is 0 Å². The van der Waals surface area contributed by atoms with E-state index in [0.717, 1.165) is 42.0 Å². The Morgan fingerprint density at radius 1 is 1.05 bits per heavy atom. The molecule has 56 heavy (non-hydrogen) atoms. The van der Waals surface area contributed by atoms with Crippen LogP contribution < -0.4 is 25.8 Å². The van der Waals surface area contributed by atoms with Gasteiger partial charge < -0.3 is 25.4 Å². The van der Waals surface area contributed by atoms with Crippen LogP contribution in [0.5, 0.6) is 11.5 Å². The average molecular weight is 808 g/mol. The first-order valence-corrected chi connectivity index (χ1v) is 18.7. The summed E-state index contributed by atoms with van der Waals surface area (Å²) in [5.41, 5.74) is 8.01. The Morgan fingerprint density at radius 2 is 1.84 bits per heavy atom. The number of carbonyl (C=O) groups excluding carboxylic acids is 5. The molecule has 2 fully saturated rings. The van der Waals surface area contributed by atoms with Gasteiger partial charge in [-0.25, -0.2) is 9.37 Å². The smallest absolute Gasteiger partial charge is 0.266 e. The van der Waals surface area contributed by atoms with Gasteiger partial charge in [-0.2, -0.15) is 5.10 Å². The Morgan fingerprint density at radius 3 is 2.61 bits per heavy atom. The fourth-order valence-electron chi connectivity index (χ4n) is 7.12. The number of carbonyl (C=O) groups is 5. The number of rotatable bonds is 12. The van der Waals surface area contributed by atoms with Crippen molar-refractivity contribution in [2.45, 2.75) is 50.8 Å². The largest absolute Gasteiger partial charge is 0.483 e. The summed E-state index contributed by atoms with van der Waals surface area (Å²) in [7, 11) is 0. The molecular weight excluding hydrogens is 770 g/mol. The molecule has 15 nitrogen and oxygen atoms in total. The van der Waals surface area contributed by atoms with Gasteiger partial charge in [0, 0.05) is 66.7 Å². The molecule has 3 aliphatic rings. The van der Waals surface area contributed by atoms with E-state index in [4.69, 9.17) is 38.4 Å². The summed E-state index contributed by atoms with van der Waals surface area (Å²) in [6.07, 6.45) is 6.32. The molecule has 5 amide bonds. The van der Waals surface area contributed by atoms with Gasteiger partial charge in [0.15, 0.2) is 18.2 Å². The maximum atomic E-state index is 14.1. The van der Waals surface area contributed by atoms with Crippen LogP contribution in [0.2, 0.25) is 10.0 Å². The lowest BCUT2D eigenvalue weighted by Crippen LogP contribution is -2.54. The number of hydrogen-bond acceptors (Lipinski definition) is 11. The van der Waals surface area contributed by atoms with Gasteiger partial charge in [0.05, 0.1) is 28.4 Å². The minimum Gasteiger partial charge on any atom is -0.483 e. The van der Waals surface area contributed by atoms with Crippen molar-refractivity contribution < 1.29 is 37.8 Å². The zero-order valence-corrected chi connectivity index (χ0v) is 31.6. The van der Waals surface area contributed by atoms with Crippen LogP contribution in [-0.4, -0.2) is 92.9 Å². The third-order valence-corrected chi connectivity index (χ3v) is 10.8. The predicted molar refractivity (Wildman–Crippen MR) is 202 cm³/mol. The van der Waals surface area contributed by atoms with Crippen LogP contribution in [0.3, 0.4) is 0 Å². The van der Waals surface area contributed by atoms with E-state index < -0.39 is 47.5 Å². The van der Waals surface area contributed by atoms with Gasteiger partial charge in [0.1, 0.15) is 23.7 Å². The molecule has 2 aromatic heterocycles. The lowest BCUT2D eigenvalue weighted by molar-refractivity contribution is -0.136. The Balaban J connectivity index is 0.872. The van der Waals surface area contributed by atoms with Gasteiger partial charge in [-0.1, -0.05) is 29.3 Å². The van der Waals surface area contributed by atoms with Crippen molar-refractivity contribution in [2.75, 3.05) is 38.5 Å². The molecule has 4 aromatic rings. The molecule has 4 N–H and O–H groups in total. The van der Waals surface area contributed by atoms with E-state index in [1.807, 2.05) is 10.9 Å². The number of nitrogens with two attached hydrogens (primary N) is 1. The molecule has 1 unspecified atom stereocenters. The Bertz CT molecular complexity index is 2230. The molecule has 0 radical (unpaired) electrons. The lowest BCUT2D eigenvalue weighted by Gasteiger charge is -2.32. The maximum Gasteiger partial charge on any atom is 0.266 e. The lowest BCUT2D eigenvalue weighted by atomic mass is 10.0. The van der Waals surface area contributed by atoms with E-state index >= 15 is 0 Å². The average Bonchev–Trinajstić information content (AvgIpc) is 3.77. The molecule has 2 saturated heterocycles. The molecule has 7 rings (SSSR count). The van der Waals surface area contributed by atoms with Crippen molar-refractivity contribution >= 4 is 58.6 Å². The summed E-state index contributed by atoms with van der Waals surface area (Å²) < 4.78 is 27.8. The minimum atomic E-state index is -1.10. The molecule has 5 heterocycles. The van der Waals surface area contributed by atoms with Crippen molar-refractivity contribution in [3.05, 3.63) is 87.5 Å². The van der Waals surface area contributed by atoms with Gasteiger partial charge in [-0.05, 0) is 56.5 Å². The molecular formula is C38H37Cl2FN8O7. The number of imide groups is 2. The molecule has 0 aliphatic carbocycles. The first-order valence-electron chi connectivity index (χ1n) is 18.0. The minimum absolute atomic E-state index is 0.00786. The van der Waals surface area contributed by atoms with Crippen molar-refractivity contribution in [2.24, 2.45) is 0 Å². The fourth-order valence-corrected chi connectivity index (χ4v) is 7.80. The quantitative estimate of drug-likeness (QED) is 0.136. The number of nitrogen functional groups attached to an aromatic ring is 1. The maximum absolute atomic E-state index is 14.1. The summed E-state index contributed by atoms with van der Waals surface area (Å²) in [6, 6.07) is 7.89. The number of aromatic nitrogens is 3. The van der Waals surface area contributed by atoms with Crippen LogP contribution in [0.4, 0.5) is 10.2 Å². The SMILES string of the molecule is C[C@@H](Oc1cc(-c2cnn(C3CCN(CCNC(=O)COc4cccc5c4C(=O)N(C4CCC(=O)NC4=O)C5=O)CC3)c2)cnc1N)c1c(Cl)ccc(F)c1Cl. The molecule has 292 valence electrons. The Hall–Kier alpha value is -5.58. The van der Waals surface area contributed by atoms with E-state index in [0.29, 0.717) is 24.4 Å². The standard InChI is InChI=1S/C38H37Cl2FN8O7/c1-20(32-25(39)5-6-26(41)34(32)40)56-29-15-21(16-44-35(29)42)22-17-45-48(18-22)23-9-12-47(13-10-23)14-11-43-31(51)19-55-28-4-2-3-24-33(28)38(54)49(37(24)53)27-7-8-30(50)46-36(27)52/h2-6,15-18,20,23,27H,7-14,19H2,1H3,(H2,42,44)(H,43,51)(H,46,50,52)/t20-,27?/m1/s1. The highest BCUT2D eigenvalue weighted by Crippen LogP contribution is 2.38. The first kappa shape index (κ1) is 38.7. The Labute approximate surface area is 330 Å². The number of anilines is 1. The molecule has 2 atom stereocenters. The second-order valence-corrected chi connectivity index (χ2v) is 14.5. The van der Waals surface area contributed by atoms with E-state index in [1.165, 1.54) is 30.3 Å². The van der Waals surface area contributed by atoms with Crippen molar-refractivity contribution in [3.63, 3.8) is 0 Å². The van der Waals surface area contributed by atoms with Gasteiger partial charge in [0.2, 0.25) is 11.8 Å². The number of amides is 5. The third-order valence-electron chi connectivity index (χ3n) is 10.1. The predicted octanol–water partition coefficient (Wildman–Crippen LogP) is 4.35. The second kappa shape index (κ2) is 16.3. The molecule has 0 spiro atoms. The Kier molecular flexibility index (Phi) is 11.2. The molecule has 2 aromatic carbocycles. The third kappa shape index (κ3) is 7.90. The van der Waals surface area contributed by atoms with Crippen LogP contribution in [0.25, 0.3) is 11.1 Å². The first-order chi connectivity index (χ1) is 26.9. The summed E-state index contributed by atoms with van der Waals surface area (Å²) >= 11 is 12.5. The number of likely N-dealkylation sites (tertiary alicyclic amines) is 1.